The van der Waals surface area contributed by atoms with Crippen LogP contribution >= 0.6 is 0 Å². The molecule has 0 aliphatic carbocycles. The highest BCUT2D eigenvalue weighted by Gasteiger charge is 2.32. The predicted molar refractivity (Wildman–Crippen MR) is 100 cm³/mol. The zero-order valence-corrected chi connectivity index (χ0v) is 16.1. The predicted octanol–water partition coefficient (Wildman–Crippen LogP) is 4.00. The number of halogens is 3. The first kappa shape index (κ1) is 21.0. The molecular weight excluding hydrogens is 379 g/mol. The van der Waals surface area contributed by atoms with Crippen LogP contribution in [0.15, 0.2) is 47.4 Å². The summed E-state index contributed by atoms with van der Waals surface area (Å²) in [5.41, 5.74) is 0.379. The average Bonchev–Trinajstić information content (AvgIpc) is 2.60. The number of sulfonamides is 1. The van der Waals surface area contributed by atoms with Crippen molar-refractivity contribution in [3.8, 4) is 0 Å². The molecule has 2 N–H and O–H groups in total. The Balaban J connectivity index is 2.38. The van der Waals surface area contributed by atoms with Gasteiger partial charge in [0.15, 0.2) is 0 Å². The van der Waals surface area contributed by atoms with Gasteiger partial charge in [0.2, 0.25) is 10.0 Å². The van der Waals surface area contributed by atoms with Crippen LogP contribution in [0.4, 0.5) is 24.5 Å². The Kier molecular flexibility index (Phi) is 6.38. The van der Waals surface area contributed by atoms with Crippen LogP contribution in [0.25, 0.3) is 0 Å². The van der Waals surface area contributed by atoms with E-state index >= 15 is 0 Å². The molecule has 0 aliphatic rings. The van der Waals surface area contributed by atoms with E-state index in [1.807, 2.05) is 6.92 Å². The third-order valence-electron chi connectivity index (χ3n) is 3.93. The van der Waals surface area contributed by atoms with Gasteiger partial charge >= 0.3 is 6.18 Å². The van der Waals surface area contributed by atoms with Crippen LogP contribution < -0.4 is 10.6 Å². The normalized spacial score (nSPS) is 12.3. The fourth-order valence-electron chi connectivity index (χ4n) is 2.53. The van der Waals surface area contributed by atoms with E-state index in [-0.39, 0.29) is 17.0 Å². The van der Waals surface area contributed by atoms with E-state index in [2.05, 4.69) is 10.6 Å². The number of nitrogens with zero attached hydrogens (tertiary/aromatic N) is 1. The summed E-state index contributed by atoms with van der Waals surface area (Å²) in [5.74, 6) is 0. The molecule has 0 radical (unpaired) electrons. The Morgan fingerprint density at radius 2 is 1.67 bits per heavy atom. The number of hydrogen-bond donors (Lipinski definition) is 2. The van der Waals surface area contributed by atoms with Crippen LogP contribution in [-0.2, 0) is 22.7 Å². The Morgan fingerprint density at radius 1 is 1.00 bits per heavy atom. The Morgan fingerprint density at radius 3 is 2.26 bits per heavy atom. The van der Waals surface area contributed by atoms with Crippen molar-refractivity contribution in [2.24, 2.45) is 0 Å². The maximum atomic E-state index is 13.2. The number of rotatable bonds is 7. The van der Waals surface area contributed by atoms with E-state index in [1.54, 1.807) is 6.07 Å². The number of anilines is 2. The van der Waals surface area contributed by atoms with Crippen molar-refractivity contribution >= 4 is 21.4 Å². The lowest BCUT2D eigenvalue weighted by atomic mass is 10.1. The van der Waals surface area contributed by atoms with Gasteiger partial charge in [-0.05, 0) is 36.8 Å². The molecule has 0 aliphatic heterocycles. The minimum Gasteiger partial charge on any atom is -0.384 e. The molecule has 2 aromatic rings. The molecular formula is C18H22F3N3O2S. The summed E-state index contributed by atoms with van der Waals surface area (Å²) in [5, 5.41) is 6.00. The molecule has 2 rings (SSSR count). The highest BCUT2D eigenvalue weighted by atomic mass is 32.2. The molecule has 0 aromatic heterocycles. The summed E-state index contributed by atoms with van der Waals surface area (Å²) in [6.45, 7) is 2.35. The van der Waals surface area contributed by atoms with Gasteiger partial charge in [0, 0.05) is 27.2 Å². The van der Waals surface area contributed by atoms with Gasteiger partial charge < -0.3 is 10.6 Å². The molecule has 148 valence electrons. The Bertz CT molecular complexity index is 897. The van der Waals surface area contributed by atoms with E-state index < -0.39 is 21.8 Å². The molecule has 0 spiro atoms. The fraction of sp³-hybridized carbons (Fsp3) is 0.333. The lowest BCUT2D eigenvalue weighted by molar-refractivity contribution is -0.138. The molecule has 27 heavy (non-hydrogen) atoms. The van der Waals surface area contributed by atoms with Crippen LogP contribution in [0.2, 0.25) is 0 Å². The van der Waals surface area contributed by atoms with Gasteiger partial charge in [0.1, 0.15) is 0 Å². The van der Waals surface area contributed by atoms with E-state index in [0.717, 1.165) is 10.4 Å². The second kappa shape index (κ2) is 8.18. The minimum absolute atomic E-state index is 0.0563. The maximum Gasteiger partial charge on any atom is 0.416 e. The average molecular weight is 401 g/mol. The second-order valence-electron chi connectivity index (χ2n) is 6.03. The fourth-order valence-corrected chi connectivity index (χ4v) is 3.46. The van der Waals surface area contributed by atoms with Crippen molar-refractivity contribution in [1.82, 2.24) is 4.31 Å². The summed E-state index contributed by atoms with van der Waals surface area (Å²) in [6.07, 6.45) is -4.46. The Hall–Kier alpha value is -2.26. The molecule has 2 aromatic carbocycles. The quantitative estimate of drug-likeness (QED) is 0.736. The van der Waals surface area contributed by atoms with Gasteiger partial charge in [0.25, 0.3) is 0 Å². The summed E-state index contributed by atoms with van der Waals surface area (Å²) >= 11 is 0. The largest absolute Gasteiger partial charge is 0.416 e. The molecule has 0 fully saturated rings. The molecule has 0 bridgehead atoms. The van der Waals surface area contributed by atoms with E-state index in [1.165, 1.54) is 44.4 Å². The molecule has 0 heterocycles. The summed E-state index contributed by atoms with van der Waals surface area (Å²) in [6, 6.07) is 9.76. The van der Waals surface area contributed by atoms with Crippen molar-refractivity contribution in [2.45, 2.75) is 24.5 Å². The standard InChI is InChI=1S/C18H22F3N3O2S/c1-4-22-16-10-9-14(27(25,26)24(2)3)11-17(16)23-12-13-7-5-6-8-15(13)18(19,20)21/h5-11,22-23H,4,12H2,1-3H3. The lowest BCUT2D eigenvalue weighted by Gasteiger charge is -2.18. The van der Waals surface area contributed by atoms with Crippen LogP contribution in [0, 0.1) is 0 Å². The van der Waals surface area contributed by atoms with Gasteiger partial charge in [-0.3, -0.25) is 0 Å². The number of alkyl halides is 3. The maximum absolute atomic E-state index is 13.2. The highest BCUT2D eigenvalue weighted by Crippen LogP contribution is 2.33. The molecule has 0 amide bonds. The van der Waals surface area contributed by atoms with Crippen LogP contribution in [0.5, 0.6) is 0 Å². The summed E-state index contributed by atoms with van der Waals surface area (Å²) in [7, 11) is -0.826. The monoisotopic (exact) mass is 401 g/mol. The van der Waals surface area contributed by atoms with Gasteiger partial charge in [0.05, 0.1) is 21.8 Å². The van der Waals surface area contributed by atoms with Crippen molar-refractivity contribution in [1.29, 1.82) is 0 Å². The second-order valence-corrected chi connectivity index (χ2v) is 8.19. The van der Waals surface area contributed by atoms with E-state index in [9.17, 15) is 21.6 Å². The van der Waals surface area contributed by atoms with Crippen LogP contribution in [0.1, 0.15) is 18.1 Å². The van der Waals surface area contributed by atoms with Crippen LogP contribution in [0.3, 0.4) is 0 Å². The molecule has 0 saturated heterocycles. The van der Waals surface area contributed by atoms with Gasteiger partial charge in [-0.25, -0.2) is 12.7 Å². The lowest BCUT2D eigenvalue weighted by Crippen LogP contribution is -2.22. The molecule has 0 unspecified atom stereocenters. The van der Waals surface area contributed by atoms with Crippen molar-refractivity contribution < 1.29 is 21.6 Å². The van der Waals surface area contributed by atoms with Crippen molar-refractivity contribution in [2.75, 3.05) is 31.3 Å². The minimum atomic E-state index is -4.46. The smallest absolute Gasteiger partial charge is 0.384 e. The molecule has 9 heteroatoms. The molecule has 5 nitrogen and oxygen atoms in total. The first-order valence-electron chi connectivity index (χ1n) is 8.26. The zero-order valence-electron chi connectivity index (χ0n) is 15.3. The number of hydrogen-bond acceptors (Lipinski definition) is 4. The van der Waals surface area contributed by atoms with Gasteiger partial charge in [-0.15, -0.1) is 0 Å². The molecule has 0 atom stereocenters. The van der Waals surface area contributed by atoms with Gasteiger partial charge in [-0.1, -0.05) is 18.2 Å². The number of nitrogens with one attached hydrogen (secondary N) is 2. The van der Waals surface area contributed by atoms with Gasteiger partial charge in [-0.2, -0.15) is 13.2 Å². The van der Waals surface area contributed by atoms with E-state index in [4.69, 9.17) is 0 Å². The van der Waals surface area contributed by atoms with E-state index in [0.29, 0.717) is 17.9 Å². The third-order valence-corrected chi connectivity index (χ3v) is 5.74. The SMILES string of the molecule is CCNc1ccc(S(=O)(=O)N(C)C)cc1NCc1ccccc1C(F)(F)F. The highest BCUT2D eigenvalue weighted by molar-refractivity contribution is 7.89. The van der Waals surface area contributed by atoms with Crippen LogP contribution in [-0.4, -0.2) is 33.4 Å². The molecule has 0 saturated carbocycles. The topological polar surface area (TPSA) is 61.4 Å². The zero-order chi connectivity index (χ0) is 20.2. The third kappa shape index (κ3) is 4.92. The first-order chi connectivity index (χ1) is 12.6. The Labute approximate surface area is 157 Å². The first-order valence-corrected chi connectivity index (χ1v) is 9.70. The summed E-state index contributed by atoms with van der Waals surface area (Å²) in [4.78, 5) is 0.0563. The summed E-state index contributed by atoms with van der Waals surface area (Å²) < 4.78 is 65.2. The van der Waals surface area contributed by atoms with Crippen molar-refractivity contribution in [3.05, 3.63) is 53.6 Å². The van der Waals surface area contributed by atoms with Crippen molar-refractivity contribution in [3.63, 3.8) is 0 Å². The number of benzene rings is 2.